The van der Waals surface area contributed by atoms with E-state index in [1.54, 1.807) is 35.2 Å². The smallest absolute Gasteiger partial charge is 0.257 e. The average Bonchev–Trinajstić information content (AvgIpc) is 2.94. The molecule has 23 heavy (non-hydrogen) atoms. The third-order valence-electron chi connectivity index (χ3n) is 3.69. The van der Waals surface area contributed by atoms with Crippen molar-refractivity contribution in [1.82, 2.24) is 0 Å². The molecule has 0 saturated carbocycles. The van der Waals surface area contributed by atoms with E-state index in [1.807, 2.05) is 12.1 Å². The Morgan fingerprint density at radius 1 is 1.17 bits per heavy atom. The van der Waals surface area contributed by atoms with Crippen molar-refractivity contribution in [2.24, 2.45) is 0 Å². The average molecular weight is 394 g/mol. The lowest BCUT2D eigenvalue weighted by atomic mass is 10.2. The summed E-state index contributed by atoms with van der Waals surface area (Å²) in [7, 11) is 0. The van der Waals surface area contributed by atoms with Crippen molar-refractivity contribution < 1.29 is 9.59 Å². The zero-order valence-corrected chi connectivity index (χ0v) is 14.5. The largest absolute Gasteiger partial charge is 0.322 e. The van der Waals surface area contributed by atoms with Gasteiger partial charge in [0, 0.05) is 28.8 Å². The number of nitrogens with zero attached hydrogens (tertiary/aromatic N) is 1. The van der Waals surface area contributed by atoms with Gasteiger partial charge < -0.3 is 10.2 Å². The van der Waals surface area contributed by atoms with E-state index in [9.17, 15) is 9.59 Å². The third-order valence-corrected chi connectivity index (χ3v) is 4.49. The fraction of sp³-hybridized carbons (Fsp3) is 0.176. The number of rotatable bonds is 3. The van der Waals surface area contributed by atoms with E-state index in [-0.39, 0.29) is 11.8 Å². The minimum Gasteiger partial charge on any atom is -0.322 e. The SMILES string of the molecule is O=C(Nc1ccc(N2CCCC2=O)cc1)c1ccc(Br)cc1Cl. The predicted molar refractivity (Wildman–Crippen MR) is 95.1 cm³/mol. The normalized spacial score (nSPS) is 14.2. The van der Waals surface area contributed by atoms with Crippen molar-refractivity contribution in [3.05, 3.63) is 57.5 Å². The summed E-state index contributed by atoms with van der Waals surface area (Å²) in [5.74, 6) is -0.129. The maximum atomic E-state index is 12.3. The Kier molecular flexibility index (Phi) is 4.68. The molecule has 1 heterocycles. The standard InChI is InChI=1S/C17H14BrClN2O2/c18-11-3-8-14(15(19)10-11)17(23)20-12-4-6-13(7-5-12)21-9-1-2-16(21)22/h3-8,10H,1-2,9H2,(H,20,23). The van der Waals surface area contributed by atoms with Gasteiger partial charge in [0.1, 0.15) is 0 Å². The molecule has 0 aliphatic carbocycles. The van der Waals surface area contributed by atoms with Crippen molar-refractivity contribution in [2.45, 2.75) is 12.8 Å². The molecule has 1 N–H and O–H groups in total. The van der Waals surface area contributed by atoms with Gasteiger partial charge in [0.25, 0.3) is 5.91 Å². The van der Waals surface area contributed by atoms with Gasteiger partial charge in [-0.15, -0.1) is 0 Å². The second-order valence-electron chi connectivity index (χ2n) is 5.27. The molecule has 1 fully saturated rings. The minimum atomic E-state index is -0.271. The molecule has 0 radical (unpaired) electrons. The minimum absolute atomic E-state index is 0.142. The van der Waals surface area contributed by atoms with Crippen LogP contribution in [0.5, 0.6) is 0 Å². The summed E-state index contributed by atoms with van der Waals surface area (Å²) >= 11 is 9.39. The molecule has 1 aliphatic rings. The van der Waals surface area contributed by atoms with Crippen LogP contribution < -0.4 is 10.2 Å². The fourth-order valence-electron chi connectivity index (χ4n) is 2.52. The molecular formula is C17H14BrClN2O2. The van der Waals surface area contributed by atoms with Crippen molar-refractivity contribution in [2.75, 3.05) is 16.8 Å². The van der Waals surface area contributed by atoms with Crippen LogP contribution in [0.25, 0.3) is 0 Å². The first-order valence-corrected chi connectivity index (χ1v) is 8.38. The summed E-state index contributed by atoms with van der Waals surface area (Å²) in [5.41, 5.74) is 1.92. The van der Waals surface area contributed by atoms with E-state index in [4.69, 9.17) is 11.6 Å². The van der Waals surface area contributed by atoms with E-state index in [0.717, 1.165) is 23.1 Å². The topological polar surface area (TPSA) is 49.4 Å². The van der Waals surface area contributed by atoms with Gasteiger partial charge in [0.2, 0.25) is 5.91 Å². The van der Waals surface area contributed by atoms with Crippen LogP contribution in [-0.2, 0) is 4.79 Å². The van der Waals surface area contributed by atoms with E-state index in [0.29, 0.717) is 22.7 Å². The van der Waals surface area contributed by atoms with Crippen LogP contribution in [0.1, 0.15) is 23.2 Å². The number of halogens is 2. The van der Waals surface area contributed by atoms with Gasteiger partial charge >= 0.3 is 0 Å². The quantitative estimate of drug-likeness (QED) is 0.836. The van der Waals surface area contributed by atoms with Crippen molar-refractivity contribution in [3.8, 4) is 0 Å². The van der Waals surface area contributed by atoms with Gasteiger partial charge in [-0.25, -0.2) is 0 Å². The molecule has 1 aliphatic heterocycles. The molecule has 2 amide bonds. The zero-order chi connectivity index (χ0) is 16.4. The lowest BCUT2D eigenvalue weighted by Gasteiger charge is -2.16. The number of benzene rings is 2. The highest BCUT2D eigenvalue weighted by Gasteiger charge is 2.21. The number of carbonyl (C=O) groups is 2. The van der Waals surface area contributed by atoms with Gasteiger partial charge in [-0.1, -0.05) is 27.5 Å². The zero-order valence-electron chi connectivity index (χ0n) is 12.2. The van der Waals surface area contributed by atoms with E-state index in [1.165, 1.54) is 0 Å². The Balaban J connectivity index is 1.73. The number of nitrogens with one attached hydrogen (secondary N) is 1. The van der Waals surface area contributed by atoms with Gasteiger partial charge in [0.15, 0.2) is 0 Å². The van der Waals surface area contributed by atoms with Gasteiger partial charge in [-0.05, 0) is 48.9 Å². The molecule has 4 nitrogen and oxygen atoms in total. The number of hydrogen-bond acceptors (Lipinski definition) is 2. The molecular weight excluding hydrogens is 380 g/mol. The number of anilines is 2. The number of amides is 2. The van der Waals surface area contributed by atoms with Gasteiger partial charge in [0.05, 0.1) is 10.6 Å². The van der Waals surface area contributed by atoms with E-state index in [2.05, 4.69) is 21.2 Å². The van der Waals surface area contributed by atoms with Crippen molar-refractivity contribution >= 4 is 50.7 Å². The summed E-state index contributed by atoms with van der Waals surface area (Å²) in [6.07, 6.45) is 1.49. The second kappa shape index (κ2) is 6.72. The Labute approximate surface area is 147 Å². The highest BCUT2D eigenvalue weighted by atomic mass is 79.9. The van der Waals surface area contributed by atoms with Crippen LogP contribution in [-0.4, -0.2) is 18.4 Å². The first-order chi connectivity index (χ1) is 11.0. The van der Waals surface area contributed by atoms with Crippen molar-refractivity contribution in [3.63, 3.8) is 0 Å². The first kappa shape index (κ1) is 16.0. The highest BCUT2D eigenvalue weighted by molar-refractivity contribution is 9.10. The third kappa shape index (κ3) is 3.57. The van der Waals surface area contributed by atoms with E-state index >= 15 is 0 Å². The highest BCUT2D eigenvalue weighted by Crippen LogP contribution is 2.25. The molecule has 2 aromatic rings. The van der Waals surface area contributed by atoms with Gasteiger partial charge in [-0.3, -0.25) is 9.59 Å². The van der Waals surface area contributed by atoms with Crippen LogP contribution >= 0.6 is 27.5 Å². The monoisotopic (exact) mass is 392 g/mol. The molecule has 6 heteroatoms. The maximum Gasteiger partial charge on any atom is 0.257 e. The van der Waals surface area contributed by atoms with Crippen LogP contribution in [0.4, 0.5) is 11.4 Å². The molecule has 3 rings (SSSR count). The molecule has 0 unspecified atom stereocenters. The molecule has 2 aromatic carbocycles. The Morgan fingerprint density at radius 2 is 1.91 bits per heavy atom. The van der Waals surface area contributed by atoms with Crippen molar-refractivity contribution in [1.29, 1.82) is 0 Å². The summed E-state index contributed by atoms with van der Waals surface area (Å²) in [6.45, 7) is 0.749. The molecule has 0 atom stereocenters. The second-order valence-corrected chi connectivity index (χ2v) is 6.60. The summed E-state index contributed by atoms with van der Waals surface area (Å²) in [4.78, 5) is 25.8. The summed E-state index contributed by atoms with van der Waals surface area (Å²) in [6, 6.07) is 12.3. The number of carbonyl (C=O) groups excluding carboxylic acids is 2. The molecule has 0 bridgehead atoms. The maximum absolute atomic E-state index is 12.3. The molecule has 0 aromatic heterocycles. The van der Waals surface area contributed by atoms with E-state index < -0.39 is 0 Å². The molecule has 1 saturated heterocycles. The summed E-state index contributed by atoms with van der Waals surface area (Å²) < 4.78 is 0.818. The van der Waals surface area contributed by atoms with Crippen LogP contribution in [0, 0.1) is 0 Å². The van der Waals surface area contributed by atoms with Crippen LogP contribution in [0.2, 0.25) is 5.02 Å². The van der Waals surface area contributed by atoms with Crippen LogP contribution in [0.3, 0.4) is 0 Å². The molecule has 118 valence electrons. The molecule has 0 spiro atoms. The Bertz CT molecular complexity index is 762. The Morgan fingerprint density at radius 3 is 2.52 bits per heavy atom. The fourth-order valence-corrected chi connectivity index (χ4v) is 3.28. The summed E-state index contributed by atoms with van der Waals surface area (Å²) in [5, 5.41) is 3.19. The van der Waals surface area contributed by atoms with Crippen LogP contribution in [0.15, 0.2) is 46.9 Å². The lowest BCUT2D eigenvalue weighted by molar-refractivity contribution is -0.117. The number of hydrogen-bond donors (Lipinski definition) is 1. The first-order valence-electron chi connectivity index (χ1n) is 7.21. The predicted octanol–water partition coefficient (Wildman–Crippen LogP) is 4.48. The lowest BCUT2D eigenvalue weighted by Crippen LogP contribution is -2.23. The Hall–Kier alpha value is -1.85. The van der Waals surface area contributed by atoms with Gasteiger partial charge in [-0.2, -0.15) is 0 Å².